The zero-order chi connectivity index (χ0) is 22.4. The zero-order valence-corrected chi connectivity index (χ0v) is 17.7. The maximum Gasteiger partial charge on any atom is 0.406 e. The molecule has 3 amide bonds. The fourth-order valence-corrected chi connectivity index (χ4v) is 3.44. The molecular formula is C21H24ClN5O4. The Hall–Kier alpha value is -3.17. The van der Waals surface area contributed by atoms with E-state index in [-0.39, 0.29) is 24.7 Å². The molecule has 1 aromatic heterocycles. The highest BCUT2D eigenvalue weighted by molar-refractivity contribution is 6.31. The predicted molar refractivity (Wildman–Crippen MR) is 116 cm³/mol. The summed E-state index contributed by atoms with van der Waals surface area (Å²) in [6.45, 7) is 2.35. The van der Waals surface area contributed by atoms with Crippen molar-refractivity contribution >= 4 is 35.3 Å². The Kier molecular flexibility index (Phi) is 7.43. The summed E-state index contributed by atoms with van der Waals surface area (Å²) < 4.78 is 0. The van der Waals surface area contributed by atoms with Crippen LogP contribution in [0.5, 0.6) is 0 Å². The lowest BCUT2D eigenvalue weighted by Gasteiger charge is -2.27. The van der Waals surface area contributed by atoms with E-state index in [4.69, 9.17) is 16.7 Å². The van der Waals surface area contributed by atoms with Crippen molar-refractivity contribution in [3.8, 4) is 0 Å². The number of aryl methyl sites for hydroxylation is 1. The summed E-state index contributed by atoms with van der Waals surface area (Å²) in [6.07, 6.45) is -0.111. The molecule has 0 saturated heterocycles. The molecule has 2 aromatic rings. The largest absolute Gasteiger partial charge is 0.465 e. The zero-order valence-electron chi connectivity index (χ0n) is 16.9. The molecule has 1 aromatic carbocycles. The first-order valence-corrected chi connectivity index (χ1v) is 10.2. The Morgan fingerprint density at radius 3 is 2.71 bits per heavy atom. The molecule has 5 N–H and O–H groups in total. The van der Waals surface area contributed by atoms with Gasteiger partial charge in [-0.05, 0) is 42.5 Å². The first-order chi connectivity index (χ1) is 14.8. The molecule has 2 heterocycles. The van der Waals surface area contributed by atoms with Gasteiger partial charge in [0.05, 0.1) is 6.04 Å². The summed E-state index contributed by atoms with van der Waals surface area (Å²) in [7, 11) is 0. The van der Waals surface area contributed by atoms with Crippen molar-refractivity contribution in [1.82, 2.24) is 20.9 Å². The lowest BCUT2D eigenvalue weighted by Crippen LogP contribution is -2.55. The Morgan fingerprint density at radius 1 is 1.26 bits per heavy atom. The topological polar surface area (TPSA) is 132 Å². The van der Waals surface area contributed by atoms with Crippen LogP contribution < -0.4 is 21.3 Å². The minimum Gasteiger partial charge on any atom is -0.465 e. The highest BCUT2D eigenvalue weighted by Gasteiger charge is 2.26. The number of nitrogens with one attached hydrogen (secondary N) is 4. The third kappa shape index (κ3) is 6.40. The minimum absolute atomic E-state index is 0.0284. The molecule has 0 bridgehead atoms. The Balaban J connectivity index is 1.55. The van der Waals surface area contributed by atoms with E-state index in [0.29, 0.717) is 23.8 Å². The summed E-state index contributed by atoms with van der Waals surface area (Å²) in [4.78, 5) is 40.1. The maximum atomic E-state index is 12.7. The van der Waals surface area contributed by atoms with E-state index in [1.165, 1.54) is 6.07 Å². The second kappa shape index (κ2) is 10.2. The van der Waals surface area contributed by atoms with Crippen molar-refractivity contribution in [3.05, 3.63) is 58.2 Å². The molecule has 0 saturated carbocycles. The van der Waals surface area contributed by atoms with Crippen molar-refractivity contribution in [3.63, 3.8) is 0 Å². The van der Waals surface area contributed by atoms with Crippen molar-refractivity contribution in [2.24, 2.45) is 0 Å². The monoisotopic (exact) mass is 445 g/mol. The minimum atomic E-state index is -1.29. The molecule has 1 aliphatic rings. The van der Waals surface area contributed by atoms with Crippen LogP contribution in [0.25, 0.3) is 0 Å². The molecule has 0 radical (unpaired) electrons. The van der Waals surface area contributed by atoms with Gasteiger partial charge in [0.2, 0.25) is 11.8 Å². The highest BCUT2D eigenvalue weighted by Crippen LogP contribution is 2.18. The van der Waals surface area contributed by atoms with Crippen molar-refractivity contribution in [2.75, 3.05) is 5.32 Å². The molecule has 164 valence electrons. The number of carboxylic acid groups (broad SMARTS) is 1. The number of hydrogen-bond acceptors (Lipinski definition) is 5. The molecule has 1 aliphatic heterocycles. The van der Waals surface area contributed by atoms with Gasteiger partial charge in [-0.2, -0.15) is 0 Å². The van der Waals surface area contributed by atoms with E-state index in [0.717, 1.165) is 16.7 Å². The number of aromatic nitrogens is 1. The molecule has 2 atom stereocenters. The summed E-state index contributed by atoms with van der Waals surface area (Å²) in [5.74, 6) is -0.401. The van der Waals surface area contributed by atoms with Crippen LogP contribution in [0.15, 0.2) is 36.5 Å². The predicted octanol–water partition coefficient (Wildman–Crippen LogP) is 2.19. The molecule has 3 rings (SSSR count). The van der Waals surface area contributed by atoms with Gasteiger partial charge in [0.15, 0.2) is 0 Å². The fourth-order valence-electron chi connectivity index (χ4n) is 3.29. The quantitative estimate of drug-likeness (QED) is 0.415. The van der Waals surface area contributed by atoms with Gasteiger partial charge in [-0.1, -0.05) is 35.9 Å². The number of hydrogen-bond donors (Lipinski definition) is 5. The van der Waals surface area contributed by atoms with Gasteiger partial charge in [-0.15, -0.1) is 0 Å². The van der Waals surface area contributed by atoms with Crippen LogP contribution in [0, 0.1) is 6.92 Å². The maximum absolute atomic E-state index is 12.7. The van der Waals surface area contributed by atoms with Crippen LogP contribution in [0.1, 0.15) is 29.5 Å². The molecule has 31 heavy (non-hydrogen) atoms. The van der Waals surface area contributed by atoms with Gasteiger partial charge in [0.1, 0.15) is 12.0 Å². The number of pyridine rings is 1. The average Bonchev–Trinajstić information content (AvgIpc) is 2.74. The number of amides is 3. The van der Waals surface area contributed by atoms with Gasteiger partial charge in [-0.3, -0.25) is 9.59 Å². The number of halogens is 1. The summed E-state index contributed by atoms with van der Waals surface area (Å²) in [5, 5.41) is 20.3. The second-order valence-electron chi connectivity index (χ2n) is 7.32. The summed E-state index contributed by atoms with van der Waals surface area (Å²) in [6, 6.07) is 8.89. The van der Waals surface area contributed by atoms with Crippen molar-refractivity contribution in [2.45, 2.75) is 44.9 Å². The molecule has 0 fully saturated rings. The number of nitrogens with zero attached hydrogens (tertiary/aromatic N) is 1. The first kappa shape index (κ1) is 22.5. The average molecular weight is 446 g/mol. The van der Waals surface area contributed by atoms with Crippen LogP contribution in [-0.4, -0.2) is 40.2 Å². The van der Waals surface area contributed by atoms with Gasteiger partial charge >= 0.3 is 6.09 Å². The van der Waals surface area contributed by atoms with Gasteiger partial charge < -0.3 is 26.4 Å². The van der Waals surface area contributed by atoms with Crippen molar-refractivity contribution < 1.29 is 19.5 Å². The molecule has 1 unspecified atom stereocenters. The molecule has 9 nitrogen and oxygen atoms in total. The number of benzene rings is 1. The molecule has 0 spiro atoms. The number of anilines is 1. The van der Waals surface area contributed by atoms with E-state index in [1.54, 1.807) is 13.1 Å². The van der Waals surface area contributed by atoms with E-state index < -0.39 is 18.3 Å². The standard InChI is InChI=1S/C21H24ClN5O4/c1-12-10-24-18(9-15(12)22)25-19(28)7-6-17(27-21(30)31)26-20(29)16-8-13-4-2-3-5-14(13)11-23-16/h2-5,9-10,16-17,23,27H,6-8,11H2,1H3,(H,26,29)(H,30,31)(H,24,25,28)/t16?,17-/m0/s1. The van der Waals surface area contributed by atoms with Gasteiger partial charge in [0, 0.05) is 24.2 Å². The Morgan fingerprint density at radius 2 is 2.00 bits per heavy atom. The molecular weight excluding hydrogens is 422 g/mol. The van der Waals surface area contributed by atoms with Crippen LogP contribution in [0.4, 0.5) is 10.6 Å². The van der Waals surface area contributed by atoms with Gasteiger partial charge in [-0.25, -0.2) is 9.78 Å². The summed E-state index contributed by atoms with van der Waals surface area (Å²) in [5.41, 5.74) is 2.99. The van der Waals surface area contributed by atoms with E-state index >= 15 is 0 Å². The number of rotatable bonds is 7. The SMILES string of the molecule is Cc1cnc(NC(=O)CC[C@H](NC(=O)O)NC(=O)C2Cc3ccccc3CN2)cc1Cl. The second-order valence-corrected chi connectivity index (χ2v) is 7.73. The van der Waals surface area contributed by atoms with E-state index in [1.807, 2.05) is 24.3 Å². The molecule has 0 aliphatic carbocycles. The lowest BCUT2D eigenvalue weighted by molar-refractivity contribution is -0.124. The van der Waals surface area contributed by atoms with Crippen LogP contribution in [0.3, 0.4) is 0 Å². The highest BCUT2D eigenvalue weighted by atomic mass is 35.5. The van der Waals surface area contributed by atoms with Crippen molar-refractivity contribution in [1.29, 1.82) is 0 Å². The normalized spacial score (nSPS) is 16.0. The van der Waals surface area contributed by atoms with Gasteiger partial charge in [0.25, 0.3) is 0 Å². The number of fused-ring (bicyclic) bond motifs is 1. The fraction of sp³-hybridized carbons (Fsp3) is 0.333. The number of carbonyl (C=O) groups excluding carboxylic acids is 2. The lowest BCUT2D eigenvalue weighted by atomic mass is 9.95. The number of carbonyl (C=O) groups is 3. The van der Waals surface area contributed by atoms with E-state index in [9.17, 15) is 14.4 Å². The summed E-state index contributed by atoms with van der Waals surface area (Å²) >= 11 is 6.02. The van der Waals surface area contributed by atoms with Crippen LogP contribution >= 0.6 is 11.6 Å². The molecule has 10 heteroatoms. The third-order valence-electron chi connectivity index (χ3n) is 4.98. The van der Waals surface area contributed by atoms with E-state index in [2.05, 4.69) is 26.3 Å². The smallest absolute Gasteiger partial charge is 0.406 e. The Labute approximate surface area is 184 Å². The third-order valence-corrected chi connectivity index (χ3v) is 5.38. The first-order valence-electron chi connectivity index (χ1n) is 9.84. The Bertz CT molecular complexity index is 984. The van der Waals surface area contributed by atoms with Crippen LogP contribution in [-0.2, 0) is 22.6 Å². The van der Waals surface area contributed by atoms with Crippen LogP contribution in [0.2, 0.25) is 5.02 Å².